The van der Waals surface area contributed by atoms with Crippen molar-refractivity contribution in [2.24, 2.45) is 0 Å². The Labute approximate surface area is 190 Å². The third-order valence-electron chi connectivity index (χ3n) is 5.86. The summed E-state index contributed by atoms with van der Waals surface area (Å²) in [4.78, 5) is 0. The molecule has 3 aromatic rings. The van der Waals surface area contributed by atoms with Gasteiger partial charge in [0, 0.05) is 5.56 Å². The summed E-state index contributed by atoms with van der Waals surface area (Å²) in [6, 6.07) is 23.5. The van der Waals surface area contributed by atoms with Crippen LogP contribution < -0.4 is 9.47 Å². The van der Waals surface area contributed by atoms with Crippen LogP contribution in [0.25, 0.3) is 22.3 Å². The van der Waals surface area contributed by atoms with Crippen molar-refractivity contribution < 1.29 is 18.9 Å². The summed E-state index contributed by atoms with van der Waals surface area (Å²) in [5, 5.41) is 0. The molecule has 2 aliphatic rings. The van der Waals surface area contributed by atoms with Gasteiger partial charge in [-0.2, -0.15) is 0 Å². The Hall–Kier alpha value is -2.82. The van der Waals surface area contributed by atoms with Gasteiger partial charge in [-0.15, -0.1) is 0 Å². The fourth-order valence-electron chi connectivity index (χ4n) is 3.72. The Balaban J connectivity index is 1.32. The lowest BCUT2D eigenvalue weighted by Gasteiger charge is -2.24. The van der Waals surface area contributed by atoms with Gasteiger partial charge in [-0.3, -0.25) is 0 Å². The van der Waals surface area contributed by atoms with Crippen LogP contribution in [0.4, 0.5) is 0 Å². The second-order valence-electron chi connectivity index (χ2n) is 9.60. The summed E-state index contributed by atoms with van der Waals surface area (Å²) in [6.45, 7) is 9.54. The van der Waals surface area contributed by atoms with Crippen molar-refractivity contribution >= 4 is 0 Å². The third kappa shape index (κ3) is 5.14. The highest BCUT2D eigenvalue weighted by Crippen LogP contribution is 2.36. The summed E-state index contributed by atoms with van der Waals surface area (Å²) in [6.07, 6.45) is 0.525. The molecule has 0 bridgehead atoms. The van der Waals surface area contributed by atoms with Crippen LogP contribution in [-0.4, -0.2) is 38.6 Å². The van der Waals surface area contributed by atoms with Gasteiger partial charge in [-0.25, -0.2) is 0 Å². The van der Waals surface area contributed by atoms with Gasteiger partial charge in [-0.05, 0) is 51.9 Å². The summed E-state index contributed by atoms with van der Waals surface area (Å²) in [5.41, 5.74) is 5.96. The van der Waals surface area contributed by atoms with E-state index in [0.717, 1.165) is 24.7 Å². The van der Waals surface area contributed by atoms with Crippen molar-refractivity contribution in [2.75, 3.05) is 26.4 Å². The molecule has 2 heterocycles. The van der Waals surface area contributed by atoms with Crippen molar-refractivity contribution in [3.8, 4) is 33.8 Å². The Morgan fingerprint density at radius 2 is 1.16 bits per heavy atom. The first-order valence-corrected chi connectivity index (χ1v) is 11.3. The molecule has 2 saturated heterocycles. The van der Waals surface area contributed by atoms with E-state index in [1.54, 1.807) is 0 Å². The van der Waals surface area contributed by atoms with E-state index in [2.05, 4.69) is 75.4 Å². The van der Waals surface area contributed by atoms with E-state index in [1.807, 2.05) is 12.1 Å². The van der Waals surface area contributed by atoms with Gasteiger partial charge in [0.05, 0.1) is 13.2 Å². The van der Waals surface area contributed by atoms with E-state index >= 15 is 0 Å². The second kappa shape index (κ2) is 8.61. The predicted octanol–water partition coefficient (Wildman–Crippen LogP) is 5.87. The van der Waals surface area contributed by atoms with Crippen LogP contribution in [0.5, 0.6) is 11.5 Å². The van der Waals surface area contributed by atoms with Crippen molar-refractivity contribution in [2.45, 2.75) is 38.4 Å². The minimum absolute atomic E-state index is 0.00879. The van der Waals surface area contributed by atoms with Crippen LogP contribution in [0.2, 0.25) is 0 Å². The first-order valence-electron chi connectivity index (χ1n) is 11.3. The number of hydrogen-bond acceptors (Lipinski definition) is 4. The lowest BCUT2D eigenvalue weighted by Crippen LogP contribution is -2.15. The minimum Gasteiger partial charge on any atom is -0.491 e. The molecule has 0 aromatic heterocycles. The number of hydrogen-bond donors (Lipinski definition) is 0. The molecule has 4 heteroatoms. The molecule has 0 amide bonds. The fourth-order valence-corrected chi connectivity index (χ4v) is 3.72. The lowest BCUT2D eigenvalue weighted by molar-refractivity contribution is 0.258. The molecule has 2 fully saturated rings. The van der Waals surface area contributed by atoms with Crippen molar-refractivity contribution in [3.63, 3.8) is 0 Å². The Morgan fingerprint density at radius 1 is 0.688 bits per heavy atom. The van der Waals surface area contributed by atoms with Crippen LogP contribution in [0.1, 0.15) is 26.3 Å². The van der Waals surface area contributed by atoms with Crippen LogP contribution in [0.3, 0.4) is 0 Å². The molecule has 2 aliphatic heterocycles. The minimum atomic E-state index is -0.00879. The third-order valence-corrected chi connectivity index (χ3v) is 5.86. The van der Waals surface area contributed by atoms with E-state index in [0.29, 0.717) is 13.2 Å². The fraction of sp³-hybridized carbons (Fsp3) is 0.357. The zero-order valence-electron chi connectivity index (χ0n) is 19.0. The molecule has 0 aliphatic carbocycles. The molecular weight excluding hydrogens is 400 g/mol. The maximum absolute atomic E-state index is 6.06. The summed E-state index contributed by atoms with van der Waals surface area (Å²) in [7, 11) is 0. The highest BCUT2D eigenvalue weighted by Gasteiger charge is 2.26. The second-order valence-corrected chi connectivity index (χ2v) is 9.60. The van der Waals surface area contributed by atoms with Gasteiger partial charge in [0.15, 0.2) is 0 Å². The van der Waals surface area contributed by atoms with E-state index in [4.69, 9.17) is 18.9 Å². The summed E-state index contributed by atoms with van der Waals surface area (Å²) < 4.78 is 22.3. The molecule has 5 rings (SSSR count). The molecule has 32 heavy (non-hydrogen) atoms. The zero-order valence-corrected chi connectivity index (χ0v) is 19.0. The number of benzene rings is 3. The SMILES string of the molecule is CC(C)(C)c1cc(-c2ccc(-c3ccc(OCC4CO4)cc3)cc2)ccc1OCC1CO1. The first-order chi connectivity index (χ1) is 15.5. The van der Waals surface area contributed by atoms with Gasteiger partial charge < -0.3 is 18.9 Å². The molecule has 0 radical (unpaired) electrons. The molecule has 3 aromatic carbocycles. The maximum Gasteiger partial charge on any atom is 0.123 e. The first kappa shape index (κ1) is 21.0. The van der Waals surface area contributed by atoms with E-state index < -0.39 is 0 Å². The molecule has 4 nitrogen and oxygen atoms in total. The average Bonchev–Trinajstić information content (AvgIpc) is 3.71. The van der Waals surface area contributed by atoms with E-state index in [-0.39, 0.29) is 17.6 Å². The van der Waals surface area contributed by atoms with Crippen LogP contribution >= 0.6 is 0 Å². The number of rotatable bonds is 8. The van der Waals surface area contributed by atoms with Gasteiger partial charge in [-0.1, -0.05) is 63.2 Å². The Bertz CT molecular complexity index is 1060. The molecule has 0 spiro atoms. The lowest BCUT2D eigenvalue weighted by atomic mass is 9.84. The predicted molar refractivity (Wildman–Crippen MR) is 126 cm³/mol. The largest absolute Gasteiger partial charge is 0.491 e. The van der Waals surface area contributed by atoms with E-state index in [9.17, 15) is 0 Å². The smallest absolute Gasteiger partial charge is 0.123 e. The molecule has 2 atom stereocenters. The van der Waals surface area contributed by atoms with Crippen LogP contribution in [0, 0.1) is 0 Å². The van der Waals surface area contributed by atoms with Crippen LogP contribution in [0.15, 0.2) is 66.7 Å². The normalized spacial score (nSPS) is 19.5. The van der Waals surface area contributed by atoms with Crippen molar-refractivity contribution in [1.29, 1.82) is 0 Å². The Kier molecular flexibility index (Phi) is 5.66. The summed E-state index contributed by atoms with van der Waals surface area (Å²) >= 11 is 0. The van der Waals surface area contributed by atoms with Crippen molar-refractivity contribution in [3.05, 3.63) is 72.3 Å². The molecule has 0 saturated carbocycles. The van der Waals surface area contributed by atoms with Gasteiger partial charge in [0.2, 0.25) is 0 Å². The molecule has 0 N–H and O–H groups in total. The Morgan fingerprint density at radius 3 is 1.69 bits per heavy atom. The number of epoxide rings is 2. The van der Waals surface area contributed by atoms with Crippen molar-refractivity contribution in [1.82, 2.24) is 0 Å². The van der Waals surface area contributed by atoms with Gasteiger partial charge >= 0.3 is 0 Å². The highest BCUT2D eigenvalue weighted by molar-refractivity contribution is 5.72. The topological polar surface area (TPSA) is 43.5 Å². The molecule has 2 unspecified atom stereocenters. The average molecular weight is 431 g/mol. The van der Waals surface area contributed by atoms with Gasteiger partial charge in [0.25, 0.3) is 0 Å². The quantitative estimate of drug-likeness (QED) is 0.419. The van der Waals surface area contributed by atoms with Gasteiger partial charge in [0.1, 0.15) is 36.9 Å². The highest BCUT2D eigenvalue weighted by atomic mass is 16.6. The monoisotopic (exact) mass is 430 g/mol. The zero-order chi connectivity index (χ0) is 22.1. The van der Waals surface area contributed by atoms with E-state index in [1.165, 1.54) is 27.8 Å². The van der Waals surface area contributed by atoms with Crippen LogP contribution in [-0.2, 0) is 14.9 Å². The standard InChI is InChI=1S/C28H30O4/c1-28(2,3)26-14-22(10-13-27(26)32-18-25-17-31-25)21-6-4-19(5-7-21)20-8-11-23(12-9-20)29-15-24-16-30-24/h4-14,24-25H,15-18H2,1-3H3. The maximum atomic E-state index is 6.06. The molecular formula is C28H30O4. The summed E-state index contributed by atoms with van der Waals surface area (Å²) in [5.74, 6) is 1.83. The molecule has 166 valence electrons. The number of ether oxygens (including phenoxy) is 4.